The molecule has 4 nitrogen and oxygen atoms in total. The predicted molar refractivity (Wildman–Crippen MR) is 136 cm³/mol. The van der Waals surface area contributed by atoms with Crippen molar-refractivity contribution in [2.45, 2.75) is 20.4 Å². The van der Waals surface area contributed by atoms with Crippen molar-refractivity contribution in [1.82, 2.24) is 9.47 Å². The number of hydrogen-bond donors (Lipinski definition) is 0. The minimum absolute atomic E-state index is 0.231. The van der Waals surface area contributed by atoms with Crippen molar-refractivity contribution in [3.8, 4) is 5.69 Å². The molecule has 0 radical (unpaired) electrons. The SMILES string of the molecule is Cc1cc(/C=C2\SC(=O)N(Cc3ccc(Cl)cc3)C2=O)c(C)n1-c1ccc2ccccc2c1. The van der Waals surface area contributed by atoms with Gasteiger partial charge in [0.1, 0.15) is 0 Å². The van der Waals surface area contributed by atoms with Gasteiger partial charge in [-0.05, 0) is 83.9 Å². The van der Waals surface area contributed by atoms with Gasteiger partial charge in [-0.1, -0.05) is 54.1 Å². The van der Waals surface area contributed by atoms with Crippen LogP contribution in [0, 0.1) is 13.8 Å². The molecule has 33 heavy (non-hydrogen) atoms. The highest BCUT2D eigenvalue weighted by Gasteiger charge is 2.35. The number of benzene rings is 3. The monoisotopic (exact) mass is 472 g/mol. The van der Waals surface area contributed by atoms with E-state index in [4.69, 9.17) is 11.6 Å². The molecule has 0 unspecified atom stereocenters. The van der Waals surface area contributed by atoms with E-state index in [-0.39, 0.29) is 17.7 Å². The van der Waals surface area contributed by atoms with E-state index in [9.17, 15) is 9.59 Å². The first kappa shape index (κ1) is 21.6. The predicted octanol–water partition coefficient (Wildman–Crippen LogP) is 7.14. The minimum atomic E-state index is -0.268. The molecule has 2 heterocycles. The topological polar surface area (TPSA) is 42.3 Å². The van der Waals surface area contributed by atoms with Gasteiger partial charge in [-0.25, -0.2) is 0 Å². The van der Waals surface area contributed by atoms with Gasteiger partial charge in [0, 0.05) is 22.1 Å². The molecule has 5 rings (SSSR count). The maximum Gasteiger partial charge on any atom is 0.293 e. The number of fused-ring (bicyclic) bond motifs is 1. The minimum Gasteiger partial charge on any atom is -0.318 e. The molecular formula is C27H21ClN2O2S. The summed E-state index contributed by atoms with van der Waals surface area (Å²) in [5, 5.41) is 2.73. The molecular weight excluding hydrogens is 452 g/mol. The number of thioether (sulfide) groups is 1. The fraction of sp³-hybridized carbons (Fsp3) is 0.111. The van der Waals surface area contributed by atoms with Crippen molar-refractivity contribution >= 4 is 51.4 Å². The van der Waals surface area contributed by atoms with Crippen LogP contribution in [-0.4, -0.2) is 20.6 Å². The molecule has 0 saturated carbocycles. The third-order valence-corrected chi connectivity index (χ3v) is 7.04. The summed E-state index contributed by atoms with van der Waals surface area (Å²) in [5.74, 6) is -0.268. The lowest BCUT2D eigenvalue weighted by atomic mass is 10.1. The van der Waals surface area contributed by atoms with Crippen LogP contribution in [-0.2, 0) is 11.3 Å². The summed E-state index contributed by atoms with van der Waals surface area (Å²) in [7, 11) is 0. The van der Waals surface area contributed by atoms with Crippen LogP contribution in [0.4, 0.5) is 4.79 Å². The Balaban J connectivity index is 1.45. The Morgan fingerprint density at radius 3 is 2.39 bits per heavy atom. The van der Waals surface area contributed by atoms with Gasteiger partial charge in [-0.15, -0.1) is 0 Å². The van der Waals surface area contributed by atoms with Gasteiger partial charge >= 0.3 is 0 Å². The summed E-state index contributed by atoms with van der Waals surface area (Å²) in [5.41, 5.74) is 4.94. The van der Waals surface area contributed by atoms with Gasteiger partial charge in [0.05, 0.1) is 11.4 Å². The summed E-state index contributed by atoms with van der Waals surface area (Å²) in [6.45, 7) is 4.31. The quantitative estimate of drug-likeness (QED) is 0.296. The molecule has 4 aromatic rings. The number of aryl methyl sites for hydroxylation is 1. The smallest absolute Gasteiger partial charge is 0.293 e. The summed E-state index contributed by atoms with van der Waals surface area (Å²) in [6.07, 6.45) is 1.83. The number of carbonyl (C=O) groups excluding carboxylic acids is 2. The molecule has 1 fully saturated rings. The van der Waals surface area contributed by atoms with E-state index < -0.39 is 0 Å². The summed E-state index contributed by atoms with van der Waals surface area (Å²) < 4.78 is 2.18. The van der Waals surface area contributed by atoms with Crippen LogP contribution in [0.1, 0.15) is 22.5 Å². The van der Waals surface area contributed by atoms with Gasteiger partial charge in [0.2, 0.25) is 0 Å². The zero-order valence-electron chi connectivity index (χ0n) is 18.2. The normalized spacial score (nSPS) is 15.2. The Kier molecular flexibility index (Phi) is 5.60. The largest absolute Gasteiger partial charge is 0.318 e. The van der Waals surface area contributed by atoms with Crippen LogP contribution in [0.5, 0.6) is 0 Å². The summed E-state index contributed by atoms with van der Waals surface area (Å²) in [4.78, 5) is 27.3. The van der Waals surface area contributed by atoms with Crippen LogP contribution >= 0.6 is 23.4 Å². The van der Waals surface area contributed by atoms with Crippen LogP contribution in [0.15, 0.2) is 77.7 Å². The zero-order valence-corrected chi connectivity index (χ0v) is 19.8. The second kappa shape index (κ2) is 8.58. The van der Waals surface area contributed by atoms with Gasteiger partial charge in [-0.2, -0.15) is 0 Å². The first-order valence-electron chi connectivity index (χ1n) is 10.6. The molecule has 6 heteroatoms. The lowest BCUT2D eigenvalue weighted by Crippen LogP contribution is -2.27. The highest BCUT2D eigenvalue weighted by Crippen LogP contribution is 2.35. The molecule has 1 saturated heterocycles. The Bertz CT molecular complexity index is 1440. The first-order valence-corrected chi connectivity index (χ1v) is 11.8. The maximum absolute atomic E-state index is 13.0. The third kappa shape index (κ3) is 4.10. The molecule has 1 aliphatic heterocycles. The zero-order chi connectivity index (χ0) is 23.1. The second-order valence-corrected chi connectivity index (χ2v) is 9.52. The van der Waals surface area contributed by atoms with Crippen LogP contribution in [0.2, 0.25) is 5.02 Å². The lowest BCUT2D eigenvalue weighted by molar-refractivity contribution is -0.123. The van der Waals surface area contributed by atoms with Gasteiger partial charge < -0.3 is 4.57 Å². The van der Waals surface area contributed by atoms with E-state index in [0.29, 0.717) is 9.93 Å². The molecule has 0 N–H and O–H groups in total. The van der Waals surface area contributed by atoms with Gasteiger partial charge in [-0.3, -0.25) is 14.5 Å². The average Bonchev–Trinajstić information content (AvgIpc) is 3.24. The first-order chi connectivity index (χ1) is 15.9. The van der Waals surface area contributed by atoms with E-state index in [1.54, 1.807) is 12.1 Å². The number of aromatic nitrogens is 1. The van der Waals surface area contributed by atoms with E-state index >= 15 is 0 Å². The number of hydrogen-bond acceptors (Lipinski definition) is 3. The molecule has 0 aliphatic carbocycles. The van der Waals surface area contributed by atoms with E-state index in [2.05, 4.69) is 41.0 Å². The summed E-state index contributed by atoms with van der Waals surface area (Å²) >= 11 is 6.92. The van der Waals surface area contributed by atoms with Gasteiger partial charge in [0.25, 0.3) is 11.1 Å². The number of imide groups is 1. The molecule has 1 aromatic heterocycles. The molecule has 164 valence electrons. The average molecular weight is 473 g/mol. The Labute approximate surface area is 201 Å². The highest BCUT2D eigenvalue weighted by atomic mass is 35.5. The Morgan fingerprint density at radius 2 is 1.64 bits per heavy atom. The van der Waals surface area contributed by atoms with E-state index in [0.717, 1.165) is 40.0 Å². The number of nitrogens with zero attached hydrogens (tertiary/aromatic N) is 2. The summed E-state index contributed by atoms with van der Waals surface area (Å²) in [6, 6.07) is 23.9. The molecule has 0 bridgehead atoms. The molecule has 3 aromatic carbocycles. The highest BCUT2D eigenvalue weighted by molar-refractivity contribution is 8.18. The van der Waals surface area contributed by atoms with Crippen molar-refractivity contribution in [2.75, 3.05) is 0 Å². The maximum atomic E-state index is 13.0. The molecule has 0 spiro atoms. The number of carbonyl (C=O) groups is 2. The molecule has 1 aliphatic rings. The fourth-order valence-corrected chi connectivity index (χ4v) is 5.15. The number of amides is 2. The van der Waals surface area contributed by atoms with Crippen molar-refractivity contribution in [3.05, 3.63) is 105 Å². The van der Waals surface area contributed by atoms with Crippen LogP contribution in [0.3, 0.4) is 0 Å². The fourth-order valence-electron chi connectivity index (χ4n) is 4.20. The van der Waals surface area contributed by atoms with Crippen molar-refractivity contribution in [2.24, 2.45) is 0 Å². The van der Waals surface area contributed by atoms with Gasteiger partial charge in [0.15, 0.2) is 0 Å². The third-order valence-electron chi connectivity index (χ3n) is 5.88. The Hall–Kier alpha value is -3.28. The number of halogens is 1. The van der Waals surface area contributed by atoms with Crippen molar-refractivity contribution in [1.29, 1.82) is 0 Å². The number of rotatable bonds is 4. The van der Waals surface area contributed by atoms with Crippen LogP contribution in [0.25, 0.3) is 22.5 Å². The van der Waals surface area contributed by atoms with Crippen LogP contribution < -0.4 is 0 Å². The molecule has 2 amide bonds. The van der Waals surface area contributed by atoms with E-state index in [1.165, 1.54) is 15.7 Å². The molecule has 0 atom stereocenters. The lowest BCUT2D eigenvalue weighted by Gasteiger charge is -2.12. The standard InChI is InChI=1S/C27H21ClN2O2S/c1-17-13-22(18(2)30(17)24-12-9-20-5-3-4-6-21(20)14-24)15-25-26(31)29(27(32)33-25)16-19-7-10-23(28)11-8-19/h3-15H,16H2,1-2H3/b25-15-. The second-order valence-electron chi connectivity index (χ2n) is 8.09. The van der Waals surface area contributed by atoms with Crippen molar-refractivity contribution in [3.63, 3.8) is 0 Å². The Morgan fingerprint density at radius 1 is 0.909 bits per heavy atom. The van der Waals surface area contributed by atoms with E-state index in [1.807, 2.05) is 44.2 Å². The van der Waals surface area contributed by atoms with Crippen molar-refractivity contribution < 1.29 is 9.59 Å².